The Morgan fingerprint density at radius 1 is 0.679 bits per heavy atom. The van der Waals surface area contributed by atoms with Crippen LogP contribution >= 0.6 is 0 Å². The van der Waals surface area contributed by atoms with Crippen LogP contribution in [0.4, 0.5) is 11.4 Å². The average Bonchev–Trinajstić information content (AvgIpc) is 2.67. The molecule has 4 aromatic carbocycles. The van der Waals surface area contributed by atoms with Crippen LogP contribution in [0.15, 0.2) is 72.8 Å². The molecule has 0 fully saturated rings. The van der Waals surface area contributed by atoms with Crippen molar-refractivity contribution < 1.29 is 19.8 Å². The number of hydrogen-bond acceptors (Lipinski definition) is 4. The van der Waals surface area contributed by atoms with Gasteiger partial charge in [0.25, 0.3) is 0 Å². The summed E-state index contributed by atoms with van der Waals surface area (Å²) in [6, 6.07) is 21.2. The molecule has 0 amide bonds. The summed E-state index contributed by atoms with van der Waals surface area (Å²) in [6.45, 7) is 0. The highest BCUT2D eigenvalue weighted by atomic mass is 16.4. The second-order valence-electron chi connectivity index (χ2n) is 6.15. The summed E-state index contributed by atoms with van der Waals surface area (Å²) in [5, 5.41) is 21.1. The molecule has 0 spiro atoms. The Balaban J connectivity index is 0.000000161. The van der Waals surface area contributed by atoms with Crippen molar-refractivity contribution in [3.8, 4) is 0 Å². The van der Waals surface area contributed by atoms with E-state index in [2.05, 4.69) is 0 Å². The number of carboxylic acids is 2. The van der Waals surface area contributed by atoms with Crippen molar-refractivity contribution in [2.75, 3.05) is 11.5 Å². The molecule has 0 saturated carbocycles. The fourth-order valence-corrected chi connectivity index (χ4v) is 3.04. The van der Waals surface area contributed by atoms with Crippen molar-refractivity contribution in [3.63, 3.8) is 0 Å². The van der Waals surface area contributed by atoms with E-state index >= 15 is 0 Å². The van der Waals surface area contributed by atoms with Gasteiger partial charge in [0, 0.05) is 11.4 Å². The van der Waals surface area contributed by atoms with E-state index in [1.807, 2.05) is 36.4 Å². The molecule has 0 aliphatic rings. The van der Waals surface area contributed by atoms with Crippen molar-refractivity contribution in [2.24, 2.45) is 0 Å². The van der Waals surface area contributed by atoms with Crippen LogP contribution in [0.5, 0.6) is 0 Å². The van der Waals surface area contributed by atoms with Crippen molar-refractivity contribution in [2.45, 2.75) is 0 Å². The van der Waals surface area contributed by atoms with Gasteiger partial charge in [0.15, 0.2) is 0 Å². The first-order chi connectivity index (χ1) is 13.4. The van der Waals surface area contributed by atoms with Crippen molar-refractivity contribution >= 4 is 44.9 Å². The number of fused-ring (bicyclic) bond motifs is 2. The van der Waals surface area contributed by atoms with Gasteiger partial charge in [-0.05, 0) is 39.7 Å². The molecule has 0 bridgehead atoms. The zero-order valence-electron chi connectivity index (χ0n) is 14.8. The number of nitrogens with two attached hydrogens (primary N) is 2. The van der Waals surface area contributed by atoms with Gasteiger partial charge >= 0.3 is 11.9 Å². The number of carboxylic acid groups (broad SMARTS) is 2. The van der Waals surface area contributed by atoms with Crippen molar-refractivity contribution in [1.82, 2.24) is 0 Å². The van der Waals surface area contributed by atoms with Gasteiger partial charge < -0.3 is 21.7 Å². The van der Waals surface area contributed by atoms with E-state index in [4.69, 9.17) is 21.7 Å². The lowest BCUT2D eigenvalue weighted by molar-refractivity contribution is 0.0688. The average molecular weight is 374 g/mol. The fraction of sp³-hybridized carbons (Fsp3) is 0. The van der Waals surface area contributed by atoms with Crippen LogP contribution in [0.3, 0.4) is 0 Å². The zero-order chi connectivity index (χ0) is 20.3. The van der Waals surface area contributed by atoms with Gasteiger partial charge in [-0.15, -0.1) is 0 Å². The lowest BCUT2D eigenvalue weighted by Gasteiger charge is -2.04. The summed E-state index contributed by atoms with van der Waals surface area (Å²) < 4.78 is 0. The molecule has 28 heavy (non-hydrogen) atoms. The zero-order valence-corrected chi connectivity index (χ0v) is 14.8. The first-order valence-electron chi connectivity index (χ1n) is 8.40. The molecular weight excluding hydrogens is 356 g/mol. The molecule has 0 atom stereocenters. The van der Waals surface area contributed by atoms with Gasteiger partial charge in [-0.25, -0.2) is 9.59 Å². The third-order valence-corrected chi connectivity index (χ3v) is 4.29. The summed E-state index contributed by atoms with van der Waals surface area (Å²) in [6.07, 6.45) is 0. The molecule has 6 heteroatoms. The normalized spacial score (nSPS) is 10.3. The Bertz CT molecular complexity index is 1200. The summed E-state index contributed by atoms with van der Waals surface area (Å²) in [7, 11) is 0. The van der Waals surface area contributed by atoms with E-state index in [1.165, 1.54) is 6.07 Å². The third-order valence-electron chi connectivity index (χ3n) is 4.29. The smallest absolute Gasteiger partial charge is 0.338 e. The highest BCUT2D eigenvalue weighted by Gasteiger charge is 2.11. The van der Waals surface area contributed by atoms with Crippen molar-refractivity contribution in [3.05, 3.63) is 83.9 Å². The fourth-order valence-electron chi connectivity index (χ4n) is 3.04. The van der Waals surface area contributed by atoms with Crippen LogP contribution in [0.2, 0.25) is 0 Å². The van der Waals surface area contributed by atoms with E-state index < -0.39 is 11.9 Å². The standard InChI is InChI=1S/2C11H9NO2/c12-8-5-7-3-1-2-4-9(7)10(6-8)11(13)14;12-9-6-5-7-3-1-2-4-8(7)10(9)11(13)14/h2*1-6H,12H2,(H,13,14). The van der Waals surface area contributed by atoms with E-state index in [9.17, 15) is 9.59 Å². The van der Waals surface area contributed by atoms with Gasteiger partial charge in [0.2, 0.25) is 0 Å². The molecule has 0 aliphatic carbocycles. The van der Waals surface area contributed by atoms with Crippen LogP contribution in [-0.4, -0.2) is 22.2 Å². The quantitative estimate of drug-likeness (QED) is 0.389. The minimum atomic E-state index is -0.987. The molecule has 4 aromatic rings. The number of carbonyl (C=O) groups is 2. The monoisotopic (exact) mass is 374 g/mol. The number of benzene rings is 4. The van der Waals surface area contributed by atoms with Gasteiger partial charge in [0.1, 0.15) is 0 Å². The van der Waals surface area contributed by atoms with Crippen molar-refractivity contribution in [1.29, 1.82) is 0 Å². The van der Waals surface area contributed by atoms with E-state index in [1.54, 1.807) is 30.3 Å². The molecular formula is C22H18N2O4. The molecule has 0 heterocycles. The van der Waals surface area contributed by atoms with Gasteiger partial charge in [-0.3, -0.25) is 0 Å². The summed E-state index contributed by atoms with van der Waals surface area (Å²) in [5.74, 6) is -1.94. The molecule has 0 aliphatic heterocycles. The third kappa shape index (κ3) is 3.71. The van der Waals surface area contributed by atoms with Gasteiger partial charge in [-0.1, -0.05) is 54.6 Å². The maximum atomic E-state index is 11.0. The largest absolute Gasteiger partial charge is 0.478 e. The van der Waals surface area contributed by atoms with Gasteiger partial charge in [-0.2, -0.15) is 0 Å². The van der Waals surface area contributed by atoms with Gasteiger partial charge in [0.05, 0.1) is 11.1 Å². The number of anilines is 2. The second-order valence-corrected chi connectivity index (χ2v) is 6.15. The van der Waals surface area contributed by atoms with Crippen LogP contribution in [0, 0.1) is 0 Å². The minimum absolute atomic E-state index is 0.183. The number of rotatable bonds is 2. The first-order valence-corrected chi connectivity index (χ1v) is 8.40. The second kappa shape index (κ2) is 7.67. The lowest BCUT2D eigenvalue weighted by atomic mass is 10.0. The molecule has 6 nitrogen and oxygen atoms in total. The first kappa shape index (κ1) is 18.7. The highest BCUT2D eigenvalue weighted by molar-refractivity contribution is 6.08. The Hall–Kier alpha value is -4.06. The summed E-state index contributed by atoms with van der Waals surface area (Å²) >= 11 is 0. The maximum Gasteiger partial charge on any atom is 0.338 e. The molecule has 140 valence electrons. The topological polar surface area (TPSA) is 127 Å². The molecule has 0 radical (unpaired) electrons. The highest BCUT2D eigenvalue weighted by Crippen LogP contribution is 2.24. The number of hydrogen-bond donors (Lipinski definition) is 4. The van der Waals surface area contributed by atoms with E-state index in [0.29, 0.717) is 22.1 Å². The number of aromatic carboxylic acids is 2. The Kier molecular flexibility index (Phi) is 5.13. The molecule has 0 saturated heterocycles. The summed E-state index contributed by atoms with van der Waals surface area (Å²) in [4.78, 5) is 21.9. The van der Waals surface area contributed by atoms with Crippen LogP contribution in [0.1, 0.15) is 20.7 Å². The molecule has 0 unspecified atom stereocenters. The van der Waals surface area contributed by atoms with Crippen LogP contribution in [0.25, 0.3) is 21.5 Å². The van der Waals surface area contributed by atoms with E-state index in [0.717, 1.165) is 10.8 Å². The lowest BCUT2D eigenvalue weighted by Crippen LogP contribution is -2.02. The minimum Gasteiger partial charge on any atom is -0.478 e. The molecule has 6 N–H and O–H groups in total. The predicted octanol–water partition coefficient (Wildman–Crippen LogP) is 4.24. The summed E-state index contributed by atoms with van der Waals surface area (Å²) in [5.41, 5.74) is 12.4. The Morgan fingerprint density at radius 2 is 1.29 bits per heavy atom. The Morgan fingerprint density at radius 3 is 1.93 bits per heavy atom. The SMILES string of the molecule is Nc1cc(C(=O)O)c2ccccc2c1.Nc1ccc2ccccc2c1C(=O)O. The molecule has 0 aromatic heterocycles. The predicted molar refractivity (Wildman–Crippen MR) is 111 cm³/mol. The maximum absolute atomic E-state index is 11.0. The van der Waals surface area contributed by atoms with Crippen LogP contribution in [-0.2, 0) is 0 Å². The molecule has 4 rings (SSSR count). The number of nitrogen functional groups attached to an aromatic ring is 2. The Labute approximate surface area is 160 Å². The van der Waals surface area contributed by atoms with E-state index in [-0.39, 0.29) is 11.1 Å². The van der Waals surface area contributed by atoms with Crippen LogP contribution < -0.4 is 11.5 Å².